The van der Waals surface area contributed by atoms with Crippen LogP contribution in [0.3, 0.4) is 0 Å². The Labute approximate surface area is 116 Å². The molecular weight excluding hydrogens is 244 g/mol. The first-order valence-electron chi connectivity index (χ1n) is 6.63. The number of hydrogen-bond donors (Lipinski definition) is 1. The highest BCUT2D eigenvalue weighted by Crippen LogP contribution is 2.05. The van der Waals surface area contributed by atoms with Crippen molar-refractivity contribution in [3.63, 3.8) is 0 Å². The van der Waals surface area contributed by atoms with Gasteiger partial charge in [-0.1, -0.05) is 19.1 Å². The SMILES string of the molecule is CC(=O)NCC/C=C/[C@@H](C)CC(=O)OCCN(C)C. The number of hydrogen-bond acceptors (Lipinski definition) is 4. The summed E-state index contributed by atoms with van der Waals surface area (Å²) in [5, 5.41) is 2.71. The van der Waals surface area contributed by atoms with Crippen LogP contribution in [0.2, 0.25) is 0 Å². The quantitative estimate of drug-likeness (QED) is 0.388. The van der Waals surface area contributed by atoms with Crippen LogP contribution in [0.25, 0.3) is 0 Å². The summed E-state index contributed by atoms with van der Waals surface area (Å²) in [6, 6.07) is 0. The van der Waals surface area contributed by atoms with E-state index in [1.165, 1.54) is 6.92 Å². The number of rotatable bonds is 9. The molecule has 0 aliphatic heterocycles. The molecule has 0 radical (unpaired) electrons. The van der Waals surface area contributed by atoms with Crippen LogP contribution in [0.4, 0.5) is 0 Å². The van der Waals surface area contributed by atoms with Crippen molar-refractivity contribution < 1.29 is 14.3 Å². The van der Waals surface area contributed by atoms with Gasteiger partial charge >= 0.3 is 5.97 Å². The molecule has 0 fully saturated rings. The zero-order valence-electron chi connectivity index (χ0n) is 12.4. The third kappa shape index (κ3) is 12.9. The van der Waals surface area contributed by atoms with Crippen molar-refractivity contribution in [1.29, 1.82) is 0 Å². The van der Waals surface area contributed by atoms with Crippen LogP contribution in [-0.2, 0) is 14.3 Å². The van der Waals surface area contributed by atoms with Crippen LogP contribution in [0, 0.1) is 5.92 Å². The molecule has 0 aliphatic rings. The predicted octanol–water partition coefficient (Wildman–Crippen LogP) is 1.20. The van der Waals surface area contributed by atoms with Crippen LogP contribution in [0.5, 0.6) is 0 Å². The Bertz CT molecular complexity index is 301. The zero-order valence-corrected chi connectivity index (χ0v) is 12.4. The Hall–Kier alpha value is -1.36. The summed E-state index contributed by atoms with van der Waals surface area (Å²) in [6.07, 6.45) is 5.13. The van der Waals surface area contributed by atoms with Crippen molar-refractivity contribution in [2.75, 3.05) is 33.8 Å². The summed E-state index contributed by atoms with van der Waals surface area (Å²) in [4.78, 5) is 24.1. The maximum atomic E-state index is 11.5. The van der Waals surface area contributed by atoms with Crippen molar-refractivity contribution in [1.82, 2.24) is 10.2 Å². The lowest BCUT2D eigenvalue weighted by Gasteiger charge is -2.11. The highest BCUT2D eigenvalue weighted by molar-refractivity contribution is 5.72. The minimum Gasteiger partial charge on any atom is -0.464 e. The van der Waals surface area contributed by atoms with E-state index in [1.807, 2.05) is 38.1 Å². The van der Waals surface area contributed by atoms with Gasteiger partial charge in [-0.05, 0) is 26.4 Å². The molecule has 19 heavy (non-hydrogen) atoms. The molecule has 5 nitrogen and oxygen atoms in total. The van der Waals surface area contributed by atoms with Crippen LogP contribution in [0.1, 0.15) is 26.7 Å². The molecule has 0 aromatic heterocycles. The molecule has 0 aliphatic carbocycles. The van der Waals surface area contributed by atoms with E-state index in [9.17, 15) is 9.59 Å². The first-order valence-corrected chi connectivity index (χ1v) is 6.63. The monoisotopic (exact) mass is 270 g/mol. The number of esters is 1. The summed E-state index contributed by atoms with van der Waals surface area (Å²) in [5.74, 6) is -0.0315. The number of amides is 1. The summed E-state index contributed by atoms with van der Waals surface area (Å²) in [5.41, 5.74) is 0. The minimum absolute atomic E-state index is 0.0223. The van der Waals surface area contributed by atoms with Gasteiger partial charge in [-0.25, -0.2) is 0 Å². The number of ether oxygens (including phenoxy) is 1. The van der Waals surface area contributed by atoms with E-state index in [0.717, 1.165) is 13.0 Å². The largest absolute Gasteiger partial charge is 0.464 e. The molecular formula is C14H26N2O3. The third-order valence-corrected chi connectivity index (χ3v) is 2.44. The molecule has 1 N–H and O–H groups in total. The van der Waals surface area contributed by atoms with Crippen LogP contribution < -0.4 is 5.32 Å². The van der Waals surface area contributed by atoms with E-state index >= 15 is 0 Å². The smallest absolute Gasteiger partial charge is 0.306 e. The minimum atomic E-state index is -0.166. The molecule has 0 heterocycles. The molecule has 0 rings (SSSR count). The van der Waals surface area contributed by atoms with Crippen molar-refractivity contribution in [3.05, 3.63) is 12.2 Å². The van der Waals surface area contributed by atoms with Gasteiger partial charge in [0.15, 0.2) is 0 Å². The normalized spacial score (nSPS) is 12.7. The van der Waals surface area contributed by atoms with E-state index in [1.54, 1.807) is 0 Å². The summed E-state index contributed by atoms with van der Waals surface area (Å²) >= 11 is 0. The van der Waals surface area contributed by atoms with Crippen molar-refractivity contribution in [2.45, 2.75) is 26.7 Å². The molecule has 0 unspecified atom stereocenters. The number of likely N-dealkylation sites (N-methyl/N-ethyl adjacent to an activating group) is 1. The number of allylic oxidation sites excluding steroid dienone is 1. The molecule has 0 aromatic carbocycles. The number of nitrogens with zero attached hydrogens (tertiary/aromatic N) is 1. The van der Waals surface area contributed by atoms with Crippen molar-refractivity contribution in [2.24, 2.45) is 5.92 Å². The van der Waals surface area contributed by atoms with Gasteiger partial charge in [0.1, 0.15) is 6.61 Å². The van der Waals surface area contributed by atoms with E-state index in [-0.39, 0.29) is 17.8 Å². The van der Waals surface area contributed by atoms with E-state index in [2.05, 4.69) is 5.32 Å². The van der Waals surface area contributed by atoms with Gasteiger partial charge in [0, 0.05) is 20.0 Å². The van der Waals surface area contributed by atoms with Crippen molar-refractivity contribution >= 4 is 11.9 Å². The average Bonchev–Trinajstić information content (AvgIpc) is 2.27. The lowest BCUT2D eigenvalue weighted by molar-refractivity contribution is -0.144. The zero-order chi connectivity index (χ0) is 14.7. The second-order valence-electron chi connectivity index (χ2n) is 4.90. The molecule has 0 saturated heterocycles. The van der Waals surface area contributed by atoms with Gasteiger partial charge in [-0.3, -0.25) is 9.59 Å². The molecule has 0 bridgehead atoms. The maximum Gasteiger partial charge on any atom is 0.306 e. The lowest BCUT2D eigenvalue weighted by atomic mass is 10.1. The van der Waals surface area contributed by atoms with E-state index in [0.29, 0.717) is 19.6 Å². The van der Waals surface area contributed by atoms with Gasteiger partial charge < -0.3 is 15.0 Å². The molecule has 110 valence electrons. The fraction of sp³-hybridized carbons (Fsp3) is 0.714. The Morgan fingerprint density at radius 2 is 2.05 bits per heavy atom. The fourth-order valence-electron chi connectivity index (χ4n) is 1.39. The maximum absolute atomic E-state index is 11.5. The van der Waals surface area contributed by atoms with Crippen LogP contribution in [0.15, 0.2) is 12.2 Å². The molecule has 0 aromatic rings. The third-order valence-electron chi connectivity index (χ3n) is 2.44. The van der Waals surface area contributed by atoms with Gasteiger partial charge in [-0.2, -0.15) is 0 Å². The van der Waals surface area contributed by atoms with Gasteiger partial charge in [0.25, 0.3) is 0 Å². The highest BCUT2D eigenvalue weighted by atomic mass is 16.5. The van der Waals surface area contributed by atoms with E-state index in [4.69, 9.17) is 4.74 Å². The Morgan fingerprint density at radius 3 is 2.63 bits per heavy atom. The number of nitrogens with one attached hydrogen (secondary N) is 1. The molecule has 0 spiro atoms. The lowest BCUT2D eigenvalue weighted by Crippen LogP contribution is -2.20. The Morgan fingerprint density at radius 1 is 1.37 bits per heavy atom. The van der Waals surface area contributed by atoms with Gasteiger partial charge in [0.05, 0.1) is 6.42 Å². The summed E-state index contributed by atoms with van der Waals surface area (Å²) in [7, 11) is 3.88. The molecule has 1 atom stereocenters. The standard InChI is InChI=1S/C14H26N2O3/c1-12(7-5-6-8-15-13(2)17)11-14(18)19-10-9-16(3)4/h5,7,12H,6,8-11H2,1-4H3,(H,15,17)/b7-5+/t12-/m1/s1. The Kier molecular flexibility index (Phi) is 9.80. The highest BCUT2D eigenvalue weighted by Gasteiger charge is 2.07. The van der Waals surface area contributed by atoms with Crippen molar-refractivity contribution in [3.8, 4) is 0 Å². The summed E-state index contributed by atoms with van der Waals surface area (Å²) in [6.45, 7) is 5.28. The average molecular weight is 270 g/mol. The van der Waals surface area contributed by atoms with Crippen LogP contribution >= 0.6 is 0 Å². The molecule has 1 amide bonds. The second-order valence-corrected chi connectivity index (χ2v) is 4.90. The number of carbonyl (C=O) groups excluding carboxylic acids is 2. The van der Waals surface area contributed by atoms with Gasteiger partial charge in [0.2, 0.25) is 5.91 Å². The molecule has 0 saturated carbocycles. The molecule has 5 heteroatoms. The van der Waals surface area contributed by atoms with Gasteiger partial charge in [-0.15, -0.1) is 0 Å². The number of carbonyl (C=O) groups is 2. The first kappa shape index (κ1) is 17.6. The summed E-state index contributed by atoms with van der Waals surface area (Å²) < 4.78 is 5.11. The topological polar surface area (TPSA) is 58.6 Å². The van der Waals surface area contributed by atoms with Crippen LogP contribution in [-0.4, -0.2) is 50.6 Å². The predicted molar refractivity (Wildman–Crippen MR) is 75.7 cm³/mol. The van der Waals surface area contributed by atoms with E-state index < -0.39 is 0 Å². The second kappa shape index (κ2) is 10.6. The Balaban J connectivity index is 3.66. The first-order chi connectivity index (χ1) is 8.91. The fourth-order valence-corrected chi connectivity index (χ4v) is 1.39.